The fraction of sp³-hybridized carbons (Fsp3) is 0.300. The van der Waals surface area contributed by atoms with E-state index >= 15 is 0 Å². The van der Waals surface area contributed by atoms with Crippen LogP contribution in [0.15, 0.2) is 36.4 Å². The average Bonchev–Trinajstić information content (AvgIpc) is 2.73. The SMILES string of the molecule is Cc1nc(N2CCC(C(=O)NS(=O)(=O)Nc3ccccc3)CC2)c(C#N)cc1C(=O)O. The first-order chi connectivity index (χ1) is 14.7. The maximum atomic E-state index is 12.5. The van der Waals surface area contributed by atoms with E-state index in [-0.39, 0.29) is 11.1 Å². The summed E-state index contributed by atoms with van der Waals surface area (Å²) >= 11 is 0. The normalized spacial score (nSPS) is 14.5. The summed E-state index contributed by atoms with van der Waals surface area (Å²) in [5, 5.41) is 18.6. The number of nitrogens with zero attached hydrogens (tertiary/aromatic N) is 3. The van der Waals surface area contributed by atoms with E-state index in [0.29, 0.717) is 43.1 Å². The minimum absolute atomic E-state index is 0.0364. The second-order valence-corrected chi connectivity index (χ2v) is 8.52. The van der Waals surface area contributed by atoms with Gasteiger partial charge in [-0.3, -0.25) is 9.52 Å². The van der Waals surface area contributed by atoms with Crippen molar-refractivity contribution < 1.29 is 23.1 Å². The number of anilines is 2. The Bertz CT molecular complexity index is 1140. The lowest BCUT2D eigenvalue weighted by Gasteiger charge is -2.32. The number of nitrogens with one attached hydrogen (secondary N) is 2. The topological polar surface area (TPSA) is 152 Å². The fourth-order valence-corrected chi connectivity index (χ4v) is 4.32. The third kappa shape index (κ3) is 5.29. The number of aromatic nitrogens is 1. The standard InChI is InChI=1S/C20H21N5O5S/c1-13-17(20(27)28)11-15(12-21)18(22-13)25-9-7-14(8-10-25)19(26)24-31(29,30)23-16-5-3-2-4-6-16/h2-6,11,14,23H,7-10H2,1H3,(H,24,26)(H,27,28). The number of amides is 1. The first kappa shape index (κ1) is 22.0. The molecular weight excluding hydrogens is 422 g/mol. The lowest BCUT2D eigenvalue weighted by Crippen LogP contribution is -2.44. The smallest absolute Gasteiger partial charge is 0.337 e. The maximum Gasteiger partial charge on any atom is 0.337 e. The molecule has 31 heavy (non-hydrogen) atoms. The van der Waals surface area contributed by atoms with E-state index in [1.54, 1.807) is 42.2 Å². The molecule has 0 saturated carbocycles. The molecule has 0 aliphatic carbocycles. The molecule has 1 fully saturated rings. The van der Waals surface area contributed by atoms with E-state index < -0.39 is 28.0 Å². The van der Waals surface area contributed by atoms with Crippen LogP contribution in [0.2, 0.25) is 0 Å². The summed E-state index contributed by atoms with van der Waals surface area (Å²) in [6, 6.07) is 11.5. The van der Waals surface area contributed by atoms with Crippen molar-refractivity contribution in [2.24, 2.45) is 5.92 Å². The number of hydrogen-bond acceptors (Lipinski definition) is 7. The van der Waals surface area contributed by atoms with Gasteiger partial charge in [0.2, 0.25) is 5.91 Å². The Kier molecular flexibility index (Phi) is 6.41. The second-order valence-electron chi connectivity index (χ2n) is 7.11. The number of hydrogen-bond donors (Lipinski definition) is 3. The van der Waals surface area contributed by atoms with Crippen molar-refractivity contribution in [3.8, 4) is 6.07 Å². The summed E-state index contributed by atoms with van der Waals surface area (Å²) in [4.78, 5) is 29.8. The van der Waals surface area contributed by atoms with Gasteiger partial charge in [-0.1, -0.05) is 18.2 Å². The molecule has 1 aliphatic rings. The Labute approximate surface area is 179 Å². The number of aromatic carboxylic acids is 1. The molecule has 1 amide bonds. The molecule has 1 saturated heterocycles. The monoisotopic (exact) mass is 443 g/mol. The van der Waals surface area contributed by atoms with Crippen molar-refractivity contribution in [3.63, 3.8) is 0 Å². The van der Waals surface area contributed by atoms with Crippen LogP contribution in [0, 0.1) is 24.2 Å². The van der Waals surface area contributed by atoms with Crippen LogP contribution < -0.4 is 14.3 Å². The van der Waals surface area contributed by atoms with Crippen LogP contribution in [-0.4, -0.2) is 43.5 Å². The minimum atomic E-state index is -4.05. The summed E-state index contributed by atoms with van der Waals surface area (Å²) in [6.07, 6.45) is 0.720. The van der Waals surface area contributed by atoms with Crippen LogP contribution in [0.25, 0.3) is 0 Å². The zero-order chi connectivity index (χ0) is 22.6. The molecule has 0 spiro atoms. The van der Waals surface area contributed by atoms with E-state index in [4.69, 9.17) is 0 Å². The second kappa shape index (κ2) is 9.01. The number of aryl methyl sites for hydroxylation is 1. The Hall–Kier alpha value is -3.65. The first-order valence-electron chi connectivity index (χ1n) is 9.49. The number of nitriles is 1. The summed E-state index contributed by atoms with van der Waals surface area (Å²) in [5.41, 5.74) is 0.735. The molecule has 0 atom stereocenters. The van der Waals surface area contributed by atoms with Crippen molar-refractivity contribution in [1.82, 2.24) is 9.71 Å². The largest absolute Gasteiger partial charge is 0.478 e. The molecule has 0 radical (unpaired) electrons. The highest BCUT2D eigenvalue weighted by molar-refractivity contribution is 7.91. The van der Waals surface area contributed by atoms with Gasteiger partial charge in [0.1, 0.15) is 11.9 Å². The highest BCUT2D eigenvalue weighted by Crippen LogP contribution is 2.26. The van der Waals surface area contributed by atoms with Crippen molar-refractivity contribution in [3.05, 3.63) is 53.2 Å². The highest BCUT2D eigenvalue weighted by atomic mass is 32.2. The van der Waals surface area contributed by atoms with Gasteiger partial charge < -0.3 is 10.0 Å². The number of carboxylic acids is 1. The van der Waals surface area contributed by atoms with Crippen LogP contribution in [0.5, 0.6) is 0 Å². The quantitative estimate of drug-likeness (QED) is 0.609. The minimum Gasteiger partial charge on any atom is -0.478 e. The van der Waals surface area contributed by atoms with E-state index in [1.807, 2.05) is 6.07 Å². The number of rotatable bonds is 6. The number of carboxylic acid groups (broad SMARTS) is 1. The molecular formula is C20H21N5O5S. The van der Waals surface area contributed by atoms with Crippen LogP contribution in [0.1, 0.15) is 34.5 Å². The molecule has 0 bridgehead atoms. The summed E-state index contributed by atoms with van der Waals surface area (Å²) in [6.45, 7) is 2.30. The van der Waals surface area contributed by atoms with Gasteiger partial charge in [0.15, 0.2) is 0 Å². The molecule has 11 heteroatoms. The van der Waals surface area contributed by atoms with E-state index in [2.05, 4.69) is 14.4 Å². The van der Waals surface area contributed by atoms with Crippen molar-refractivity contribution in [2.45, 2.75) is 19.8 Å². The van der Waals surface area contributed by atoms with Gasteiger partial charge >= 0.3 is 16.2 Å². The predicted molar refractivity (Wildman–Crippen MR) is 113 cm³/mol. The van der Waals surface area contributed by atoms with Crippen LogP contribution >= 0.6 is 0 Å². The molecule has 1 aromatic heterocycles. The van der Waals surface area contributed by atoms with Gasteiger partial charge in [0.05, 0.1) is 22.5 Å². The molecule has 1 aromatic carbocycles. The number of carbonyl (C=O) groups excluding carboxylic acids is 1. The van der Waals surface area contributed by atoms with Gasteiger partial charge in [-0.2, -0.15) is 13.7 Å². The van der Waals surface area contributed by atoms with Crippen molar-refractivity contribution in [2.75, 3.05) is 22.7 Å². The summed E-state index contributed by atoms with van der Waals surface area (Å²) in [5.74, 6) is -1.92. The van der Waals surface area contributed by atoms with E-state index in [9.17, 15) is 28.4 Å². The van der Waals surface area contributed by atoms with Gasteiger partial charge in [0, 0.05) is 19.0 Å². The zero-order valence-electron chi connectivity index (χ0n) is 16.7. The highest BCUT2D eigenvalue weighted by Gasteiger charge is 2.29. The molecule has 0 unspecified atom stereocenters. The molecule has 10 nitrogen and oxygen atoms in total. The number of para-hydroxylation sites is 1. The Morgan fingerprint density at radius 2 is 1.87 bits per heavy atom. The van der Waals surface area contributed by atoms with Gasteiger partial charge in [-0.15, -0.1) is 0 Å². The summed E-state index contributed by atoms with van der Waals surface area (Å²) < 4.78 is 28.7. The molecule has 3 rings (SSSR count). The lowest BCUT2D eigenvalue weighted by molar-refractivity contribution is -0.123. The molecule has 3 N–H and O–H groups in total. The Morgan fingerprint density at radius 1 is 1.23 bits per heavy atom. The first-order valence-corrected chi connectivity index (χ1v) is 11.0. The fourth-order valence-electron chi connectivity index (χ4n) is 3.39. The Balaban J connectivity index is 1.64. The summed E-state index contributed by atoms with van der Waals surface area (Å²) in [7, 11) is -4.05. The predicted octanol–water partition coefficient (Wildman–Crippen LogP) is 1.65. The van der Waals surface area contributed by atoms with Gasteiger partial charge in [-0.25, -0.2) is 14.5 Å². The van der Waals surface area contributed by atoms with Crippen LogP contribution in [0.4, 0.5) is 11.5 Å². The third-order valence-corrected chi connectivity index (χ3v) is 5.94. The number of benzene rings is 1. The Morgan fingerprint density at radius 3 is 2.45 bits per heavy atom. The maximum absolute atomic E-state index is 12.5. The number of piperidine rings is 1. The lowest BCUT2D eigenvalue weighted by atomic mass is 9.96. The average molecular weight is 443 g/mol. The van der Waals surface area contributed by atoms with Crippen molar-refractivity contribution >= 4 is 33.6 Å². The molecule has 2 heterocycles. The van der Waals surface area contributed by atoms with E-state index in [0.717, 1.165) is 0 Å². The number of carbonyl (C=O) groups is 2. The molecule has 2 aromatic rings. The number of pyridine rings is 1. The zero-order valence-corrected chi connectivity index (χ0v) is 17.5. The van der Waals surface area contributed by atoms with E-state index in [1.165, 1.54) is 6.07 Å². The third-order valence-electron chi connectivity index (χ3n) is 4.97. The molecule has 1 aliphatic heterocycles. The van der Waals surface area contributed by atoms with Gasteiger partial charge in [0.25, 0.3) is 0 Å². The van der Waals surface area contributed by atoms with Crippen molar-refractivity contribution in [1.29, 1.82) is 5.26 Å². The van der Waals surface area contributed by atoms with Gasteiger partial charge in [-0.05, 0) is 38.0 Å². The molecule has 162 valence electrons. The van der Waals surface area contributed by atoms with Crippen LogP contribution in [0.3, 0.4) is 0 Å². The van der Waals surface area contributed by atoms with Crippen LogP contribution in [-0.2, 0) is 15.0 Å².